The van der Waals surface area contributed by atoms with Crippen molar-refractivity contribution < 1.29 is 23.7 Å². The highest BCUT2D eigenvalue weighted by atomic mass is 35.5. The molecule has 0 bridgehead atoms. The minimum Gasteiger partial charge on any atom is -0.493 e. The summed E-state index contributed by atoms with van der Waals surface area (Å²) in [7, 11) is 3.14. The van der Waals surface area contributed by atoms with Crippen LogP contribution < -0.4 is 19.1 Å². The molecule has 1 atom stereocenters. The molecule has 30 heavy (non-hydrogen) atoms. The van der Waals surface area contributed by atoms with Crippen LogP contribution in [0.25, 0.3) is 0 Å². The Labute approximate surface area is 189 Å². The average Bonchev–Trinajstić information content (AvgIpc) is 2.73. The molecule has 0 spiro atoms. The van der Waals surface area contributed by atoms with Crippen LogP contribution in [0.3, 0.4) is 0 Å². The lowest BCUT2D eigenvalue weighted by Crippen LogP contribution is -2.49. The van der Waals surface area contributed by atoms with E-state index >= 15 is 0 Å². The smallest absolute Gasteiger partial charge is 0.203 e. The Morgan fingerprint density at radius 3 is 2.03 bits per heavy atom. The van der Waals surface area contributed by atoms with Gasteiger partial charge in [-0.3, -0.25) is 4.90 Å². The fraction of sp³-hybridized carbons (Fsp3) is 0.429. The number of methoxy groups -OCH3 is 2. The maximum atomic E-state index is 13.1. The second-order valence-corrected chi connectivity index (χ2v) is 6.72. The van der Waals surface area contributed by atoms with Gasteiger partial charge in [-0.15, -0.1) is 24.8 Å². The van der Waals surface area contributed by atoms with Crippen molar-refractivity contribution in [3.63, 3.8) is 0 Å². The van der Waals surface area contributed by atoms with Crippen LogP contribution in [-0.2, 0) is 0 Å². The van der Waals surface area contributed by atoms with E-state index in [2.05, 4.69) is 9.80 Å². The van der Waals surface area contributed by atoms with Gasteiger partial charge in [0.15, 0.2) is 11.5 Å². The van der Waals surface area contributed by atoms with Crippen molar-refractivity contribution in [1.82, 2.24) is 4.90 Å². The zero-order valence-electron chi connectivity index (χ0n) is 17.1. The molecule has 9 heteroatoms. The Morgan fingerprint density at radius 2 is 1.50 bits per heavy atom. The molecule has 3 rings (SSSR count). The molecular weight excluding hydrogens is 434 g/mol. The topological polar surface area (TPSA) is 54.4 Å². The van der Waals surface area contributed by atoms with Gasteiger partial charge in [0.25, 0.3) is 0 Å². The number of ether oxygens (including phenoxy) is 3. The first-order valence-corrected chi connectivity index (χ1v) is 9.35. The monoisotopic (exact) mass is 462 g/mol. The van der Waals surface area contributed by atoms with Crippen LogP contribution in [0.2, 0.25) is 0 Å². The van der Waals surface area contributed by atoms with Crippen LogP contribution >= 0.6 is 24.8 Å². The molecule has 0 aliphatic carbocycles. The van der Waals surface area contributed by atoms with E-state index in [1.54, 1.807) is 38.5 Å². The van der Waals surface area contributed by atoms with E-state index in [0.29, 0.717) is 23.8 Å². The Hall–Kier alpha value is -1.93. The fourth-order valence-electron chi connectivity index (χ4n) is 3.33. The molecule has 1 unspecified atom stereocenters. The number of rotatable bonds is 8. The normalized spacial score (nSPS) is 14.9. The van der Waals surface area contributed by atoms with Gasteiger partial charge >= 0.3 is 0 Å². The quantitative estimate of drug-likeness (QED) is 0.649. The number of aliphatic hydroxyl groups is 1. The number of piperazine rings is 1. The maximum absolute atomic E-state index is 13.1. The standard InChI is InChI=1S/C21H27FN2O4.2ClH/c1-26-19-4-3-5-20(27-2)21(19)28-15-18(25)14-23-10-12-24(13-11-23)17-8-6-16(22)7-9-17;;/h3-9,18,25H,10-15H2,1-2H3;2*1H. The lowest BCUT2D eigenvalue weighted by molar-refractivity contribution is 0.0643. The van der Waals surface area contributed by atoms with Crippen LogP contribution in [0.5, 0.6) is 17.2 Å². The first-order valence-electron chi connectivity index (χ1n) is 9.35. The Balaban J connectivity index is 0.00000225. The van der Waals surface area contributed by atoms with Crippen LogP contribution in [0.1, 0.15) is 0 Å². The summed E-state index contributed by atoms with van der Waals surface area (Å²) in [6.07, 6.45) is -0.632. The van der Waals surface area contributed by atoms with Crippen molar-refractivity contribution in [2.45, 2.75) is 6.10 Å². The van der Waals surface area contributed by atoms with Crippen molar-refractivity contribution in [3.8, 4) is 17.2 Å². The first-order chi connectivity index (χ1) is 13.6. The van der Waals surface area contributed by atoms with Gasteiger partial charge in [0.05, 0.1) is 14.2 Å². The van der Waals surface area contributed by atoms with E-state index < -0.39 is 6.10 Å². The fourth-order valence-corrected chi connectivity index (χ4v) is 3.33. The van der Waals surface area contributed by atoms with Gasteiger partial charge in [0, 0.05) is 38.4 Å². The predicted molar refractivity (Wildman–Crippen MR) is 121 cm³/mol. The zero-order valence-corrected chi connectivity index (χ0v) is 18.8. The second-order valence-electron chi connectivity index (χ2n) is 6.72. The number of para-hydroxylation sites is 1. The molecule has 6 nitrogen and oxygen atoms in total. The third-order valence-electron chi connectivity index (χ3n) is 4.84. The van der Waals surface area contributed by atoms with Crippen molar-refractivity contribution in [3.05, 3.63) is 48.3 Å². The van der Waals surface area contributed by atoms with Crippen molar-refractivity contribution >= 4 is 30.5 Å². The van der Waals surface area contributed by atoms with E-state index in [-0.39, 0.29) is 37.2 Å². The zero-order chi connectivity index (χ0) is 19.9. The van der Waals surface area contributed by atoms with Gasteiger partial charge in [0.2, 0.25) is 5.75 Å². The number of nitrogens with zero attached hydrogens (tertiary/aromatic N) is 2. The summed E-state index contributed by atoms with van der Waals surface area (Å²) in [5, 5.41) is 10.4. The summed E-state index contributed by atoms with van der Waals surface area (Å²) >= 11 is 0. The number of hydrogen-bond acceptors (Lipinski definition) is 6. The highest BCUT2D eigenvalue weighted by Gasteiger charge is 2.21. The predicted octanol–water partition coefficient (Wildman–Crippen LogP) is 3.25. The second kappa shape index (κ2) is 12.7. The van der Waals surface area contributed by atoms with Crippen molar-refractivity contribution in [2.24, 2.45) is 0 Å². The molecule has 1 saturated heterocycles. The summed E-state index contributed by atoms with van der Waals surface area (Å²) in [4.78, 5) is 4.42. The molecule has 1 aliphatic rings. The minimum atomic E-state index is -0.632. The number of aliphatic hydroxyl groups excluding tert-OH is 1. The summed E-state index contributed by atoms with van der Waals surface area (Å²) in [5.41, 5.74) is 1.02. The molecule has 0 radical (unpaired) electrons. The average molecular weight is 463 g/mol. The van der Waals surface area contributed by atoms with Crippen molar-refractivity contribution in [2.75, 3.05) is 58.5 Å². The van der Waals surface area contributed by atoms with Gasteiger partial charge in [-0.25, -0.2) is 4.39 Å². The summed E-state index contributed by atoms with van der Waals surface area (Å²) in [6, 6.07) is 12.0. The highest BCUT2D eigenvalue weighted by Crippen LogP contribution is 2.36. The molecule has 0 aromatic heterocycles. The third kappa shape index (κ3) is 6.80. The molecule has 1 heterocycles. The van der Waals surface area contributed by atoms with E-state index in [1.807, 2.05) is 6.07 Å². The van der Waals surface area contributed by atoms with Crippen molar-refractivity contribution in [1.29, 1.82) is 0 Å². The third-order valence-corrected chi connectivity index (χ3v) is 4.84. The summed E-state index contributed by atoms with van der Waals surface area (Å²) in [5.74, 6) is 1.41. The minimum absolute atomic E-state index is 0. The Bertz CT molecular complexity index is 737. The summed E-state index contributed by atoms with van der Waals surface area (Å²) in [6.45, 7) is 3.99. The molecule has 168 valence electrons. The largest absolute Gasteiger partial charge is 0.493 e. The van der Waals surface area contributed by atoms with Gasteiger partial charge < -0.3 is 24.2 Å². The maximum Gasteiger partial charge on any atom is 0.203 e. The molecular formula is C21H29Cl2FN2O4. The number of hydrogen-bond donors (Lipinski definition) is 1. The molecule has 0 saturated carbocycles. The Morgan fingerprint density at radius 1 is 0.933 bits per heavy atom. The molecule has 1 N–H and O–H groups in total. The molecule has 1 fully saturated rings. The number of benzene rings is 2. The van der Waals surface area contributed by atoms with Gasteiger partial charge in [-0.05, 0) is 36.4 Å². The van der Waals surface area contributed by atoms with Crippen LogP contribution in [0.4, 0.5) is 10.1 Å². The van der Waals surface area contributed by atoms with Crippen LogP contribution in [0.15, 0.2) is 42.5 Å². The SMILES string of the molecule is COc1cccc(OC)c1OCC(O)CN1CCN(c2ccc(F)cc2)CC1.Cl.Cl. The van der Waals surface area contributed by atoms with Gasteiger partial charge in [0.1, 0.15) is 18.5 Å². The molecule has 2 aromatic rings. The lowest BCUT2D eigenvalue weighted by Gasteiger charge is -2.36. The first kappa shape index (κ1) is 26.1. The Kier molecular flexibility index (Phi) is 11.0. The van der Waals surface area contributed by atoms with Gasteiger partial charge in [-0.2, -0.15) is 0 Å². The van der Waals surface area contributed by atoms with Gasteiger partial charge in [-0.1, -0.05) is 6.07 Å². The van der Waals surface area contributed by atoms with E-state index in [1.165, 1.54) is 12.1 Å². The van der Waals surface area contributed by atoms with E-state index in [0.717, 1.165) is 31.9 Å². The molecule has 0 amide bonds. The van der Waals surface area contributed by atoms with Crippen LogP contribution in [0, 0.1) is 5.82 Å². The highest BCUT2D eigenvalue weighted by molar-refractivity contribution is 5.85. The number of β-amino-alcohol motifs (C(OH)–C–C–N with tert-alkyl or cyclic N) is 1. The molecule has 1 aliphatic heterocycles. The van der Waals surface area contributed by atoms with E-state index in [9.17, 15) is 9.50 Å². The number of anilines is 1. The van der Waals surface area contributed by atoms with E-state index in [4.69, 9.17) is 14.2 Å². The van der Waals surface area contributed by atoms with Crippen LogP contribution in [-0.4, -0.2) is 69.7 Å². The summed E-state index contributed by atoms with van der Waals surface area (Å²) < 4.78 is 29.5. The lowest BCUT2D eigenvalue weighted by atomic mass is 10.2. The molecule has 2 aromatic carbocycles. The number of halogens is 3.